The Bertz CT molecular complexity index is 341. The second-order valence-electron chi connectivity index (χ2n) is 4.71. The molecule has 0 bridgehead atoms. The molecule has 0 spiro atoms. The van der Waals surface area contributed by atoms with Crippen LogP contribution in [0.1, 0.15) is 38.3 Å². The predicted molar refractivity (Wildman–Crippen MR) is 74.8 cm³/mol. The topological polar surface area (TPSA) is 44.5 Å². The van der Waals surface area contributed by atoms with Crippen molar-refractivity contribution < 1.29 is 9.47 Å². The Morgan fingerprint density at radius 3 is 2.72 bits per heavy atom. The molecule has 3 nitrogen and oxygen atoms in total. The van der Waals surface area contributed by atoms with Crippen LogP contribution in [0.2, 0.25) is 0 Å². The highest BCUT2D eigenvalue weighted by molar-refractivity contribution is 5.30. The van der Waals surface area contributed by atoms with Crippen molar-refractivity contribution >= 4 is 0 Å². The molecule has 1 aromatic rings. The van der Waals surface area contributed by atoms with Crippen LogP contribution < -0.4 is 10.5 Å². The molecule has 0 saturated carbocycles. The van der Waals surface area contributed by atoms with Crippen LogP contribution in [0.15, 0.2) is 24.3 Å². The van der Waals surface area contributed by atoms with Crippen molar-refractivity contribution in [2.24, 2.45) is 11.7 Å². The molecule has 0 aliphatic heterocycles. The van der Waals surface area contributed by atoms with Gasteiger partial charge in [-0.2, -0.15) is 0 Å². The molecular weight excluding hydrogens is 226 g/mol. The molecule has 3 heteroatoms. The van der Waals surface area contributed by atoms with Crippen molar-refractivity contribution in [3.05, 3.63) is 29.8 Å². The lowest BCUT2D eigenvalue weighted by Crippen LogP contribution is -2.20. The van der Waals surface area contributed by atoms with Crippen LogP contribution in [0.25, 0.3) is 0 Å². The van der Waals surface area contributed by atoms with Gasteiger partial charge in [-0.3, -0.25) is 0 Å². The third-order valence-electron chi connectivity index (χ3n) is 3.11. The zero-order valence-corrected chi connectivity index (χ0v) is 11.7. The predicted octanol–water partition coefficient (Wildman–Crippen LogP) is 3.15. The first-order valence-electron chi connectivity index (χ1n) is 6.66. The van der Waals surface area contributed by atoms with E-state index in [9.17, 15) is 0 Å². The molecule has 2 unspecified atom stereocenters. The fourth-order valence-electron chi connectivity index (χ4n) is 1.84. The molecule has 1 rings (SSSR count). The summed E-state index contributed by atoms with van der Waals surface area (Å²) in [6.45, 7) is 5.75. The van der Waals surface area contributed by atoms with E-state index in [4.69, 9.17) is 15.2 Å². The van der Waals surface area contributed by atoms with Crippen LogP contribution in [-0.4, -0.2) is 20.3 Å². The average molecular weight is 251 g/mol. The van der Waals surface area contributed by atoms with Gasteiger partial charge in [0.25, 0.3) is 0 Å². The summed E-state index contributed by atoms with van der Waals surface area (Å²) in [5.74, 6) is 1.30. The number of hydrogen-bond acceptors (Lipinski definition) is 3. The van der Waals surface area contributed by atoms with Gasteiger partial charge in [0, 0.05) is 19.8 Å². The van der Waals surface area contributed by atoms with E-state index < -0.39 is 0 Å². The number of rotatable bonds is 8. The summed E-state index contributed by atoms with van der Waals surface area (Å²) in [6, 6.07) is 8.12. The van der Waals surface area contributed by atoms with Gasteiger partial charge >= 0.3 is 0 Å². The Morgan fingerprint density at radius 2 is 2.06 bits per heavy atom. The lowest BCUT2D eigenvalue weighted by Gasteiger charge is -2.20. The average Bonchev–Trinajstić information content (AvgIpc) is 2.42. The summed E-state index contributed by atoms with van der Waals surface area (Å²) in [4.78, 5) is 0. The first kappa shape index (κ1) is 15.0. The van der Waals surface area contributed by atoms with Gasteiger partial charge in [0.2, 0.25) is 0 Å². The van der Waals surface area contributed by atoms with Crippen molar-refractivity contribution in [2.75, 3.05) is 20.3 Å². The zero-order chi connectivity index (χ0) is 13.4. The van der Waals surface area contributed by atoms with Gasteiger partial charge in [-0.1, -0.05) is 26.0 Å². The van der Waals surface area contributed by atoms with Crippen LogP contribution in [0.4, 0.5) is 0 Å². The van der Waals surface area contributed by atoms with E-state index in [1.165, 1.54) is 0 Å². The Balaban J connectivity index is 2.63. The Hall–Kier alpha value is -1.06. The van der Waals surface area contributed by atoms with E-state index in [0.29, 0.717) is 5.92 Å². The van der Waals surface area contributed by atoms with Crippen molar-refractivity contribution in [1.82, 2.24) is 0 Å². The standard InChI is InChI=1S/C15H25NO2/c1-4-9-18-14-7-5-6-13(11-14)15(16)12(2)8-10-17-3/h5-7,11-12,15H,4,8-10,16H2,1-3H3. The molecule has 2 N–H and O–H groups in total. The molecule has 0 heterocycles. The highest BCUT2D eigenvalue weighted by atomic mass is 16.5. The highest BCUT2D eigenvalue weighted by Crippen LogP contribution is 2.25. The van der Waals surface area contributed by atoms with Crippen LogP contribution in [0, 0.1) is 5.92 Å². The Morgan fingerprint density at radius 1 is 1.28 bits per heavy atom. The van der Waals surface area contributed by atoms with Gasteiger partial charge in [-0.05, 0) is 36.5 Å². The number of hydrogen-bond donors (Lipinski definition) is 1. The SMILES string of the molecule is CCCOc1cccc(C(N)C(C)CCOC)c1. The largest absolute Gasteiger partial charge is 0.494 e. The van der Waals surface area contributed by atoms with E-state index >= 15 is 0 Å². The van der Waals surface area contributed by atoms with Crippen LogP contribution >= 0.6 is 0 Å². The third kappa shape index (κ3) is 4.67. The molecule has 1 aromatic carbocycles. The fourth-order valence-corrected chi connectivity index (χ4v) is 1.84. The molecule has 0 aromatic heterocycles. The molecule has 0 fully saturated rings. The molecular formula is C15H25NO2. The molecule has 0 aliphatic rings. The van der Waals surface area contributed by atoms with Crippen LogP contribution in [-0.2, 0) is 4.74 Å². The summed E-state index contributed by atoms with van der Waals surface area (Å²) in [5, 5.41) is 0. The number of ether oxygens (including phenoxy) is 2. The van der Waals surface area contributed by atoms with E-state index in [1.54, 1.807) is 7.11 Å². The Kier molecular flexibility index (Phi) is 6.76. The van der Waals surface area contributed by atoms with E-state index in [1.807, 2.05) is 18.2 Å². The molecule has 18 heavy (non-hydrogen) atoms. The molecule has 102 valence electrons. The second kappa shape index (κ2) is 8.11. The summed E-state index contributed by atoms with van der Waals surface area (Å²) in [5.41, 5.74) is 7.40. The molecule has 2 atom stereocenters. The number of methoxy groups -OCH3 is 1. The van der Waals surface area contributed by atoms with Gasteiger partial charge < -0.3 is 15.2 Å². The maximum atomic E-state index is 6.27. The number of nitrogens with two attached hydrogens (primary N) is 1. The maximum Gasteiger partial charge on any atom is 0.119 e. The van der Waals surface area contributed by atoms with Gasteiger partial charge in [0.05, 0.1) is 6.61 Å². The maximum absolute atomic E-state index is 6.27. The normalized spacial score (nSPS) is 14.2. The van der Waals surface area contributed by atoms with E-state index in [2.05, 4.69) is 19.9 Å². The van der Waals surface area contributed by atoms with Crippen molar-refractivity contribution in [2.45, 2.75) is 32.7 Å². The molecule has 0 aliphatic carbocycles. The van der Waals surface area contributed by atoms with Crippen molar-refractivity contribution in [1.29, 1.82) is 0 Å². The summed E-state index contributed by atoms with van der Waals surface area (Å²) >= 11 is 0. The van der Waals surface area contributed by atoms with Gasteiger partial charge in [0.15, 0.2) is 0 Å². The summed E-state index contributed by atoms with van der Waals surface area (Å²) in [6.07, 6.45) is 1.98. The third-order valence-corrected chi connectivity index (χ3v) is 3.11. The highest BCUT2D eigenvalue weighted by Gasteiger charge is 2.15. The molecule has 0 radical (unpaired) electrons. The molecule has 0 amide bonds. The minimum Gasteiger partial charge on any atom is -0.494 e. The quantitative estimate of drug-likeness (QED) is 0.772. The minimum absolute atomic E-state index is 0.0327. The van der Waals surface area contributed by atoms with Crippen LogP contribution in [0.5, 0.6) is 5.75 Å². The first-order valence-corrected chi connectivity index (χ1v) is 6.66. The first-order chi connectivity index (χ1) is 8.69. The summed E-state index contributed by atoms with van der Waals surface area (Å²) < 4.78 is 10.7. The van der Waals surface area contributed by atoms with E-state index in [0.717, 1.165) is 37.4 Å². The fraction of sp³-hybridized carbons (Fsp3) is 0.600. The second-order valence-corrected chi connectivity index (χ2v) is 4.71. The van der Waals surface area contributed by atoms with Crippen molar-refractivity contribution in [3.63, 3.8) is 0 Å². The number of benzene rings is 1. The minimum atomic E-state index is 0.0327. The molecule has 0 saturated heterocycles. The zero-order valence-electron chi connectivity index (χ0n) is 11.7. The van der Waals surface area contributed by atoms with Gasteiger partial charge in [-0.25, -0.2) is 0 Å². The van der Waals surface area contributed by atoms with Gasteiger partial charge in [0.1, 0.15) is 5.75 Å². The van der Waals surface area contributed by atoms with Crippen molar-refractivity contribution in [3.8, 4) is 5.75 Å². The smallest absolute Gasteiger partial charge is 0.119 e. The monoisotopic (exact) mass is 251 g/mol. The lowest BCUT2D eigenvalue weighted by molar-refractivity contribution is 0.174. The van der Waals surface area contributed by atoms with E-state index in [-0.39, 0.29) is 6.04 Å². The lowest BCUT2D eigenvalue weighted by atomic mass is 9.93. The van der Waals surface area contributed by atoms with Crippen LogP contribution in [0.3, 0.4) is 0 Å². The summed E-state index contributed by atoms with van der Waals surface area (Å²) in [7, 11) is 1.72. The Labute approximate surface area is 110 Å². The van der Waals surface area contributed by atoms with Gasteiger partial charge in [-0.15, -0.1) is 0 Å².